The number of likely N-dealkylation sites (tertiary alicyclic amines) is 1. The van der Waals surface area contributed by atoms with Crippen LogP contribution < -0.4 is 9.64 Å². The van der Waals surface area contributed by atoms with Gasteiger partial charge in [0.25, 0.3) is 0 Å². The number of halogens is 1. The Hall–Kier alpha value is -1.84. The Bertz CT molecular complexity index is 682. The van der Waals surface area contributed by atoms with Crippen molar-refractivity contribution in [1.29, 1.82) is 0 Å². The van der Waals surface area contributed by atoms with Crippen LogP contribution in [0.2, 0.25) is 5.02 Å². The smallest absolute Gasteiger partial charge is 0.153 e. The van der Waals surface area contributed by atoms with Crippen molar-refractivity contribution in [2.45, 2.75) is 19.3 Å². The van der Waals surface area contributed by atoms with Gasteiger partial charge in [-0.25, -0.2) is 0 Å². The third kappa shape index (κ3) is 5.32. The monoisotopic (exact) mass is 358 g/mol. The molecule has 1 heterocycles. The molecule has 0 aromatic heterocycles. The molecule has 0 bridgehead atoms. The average molecular weight is 359 g/mol. The summed E-state index contributed by atoms with van der Waals surface area (Å²) in [6, 6.07) is 15.9. The van der Waals surface area contributed by atoms with Gasteiger partial charge < -0.3 is 9.64 Å². The van der Waals surface area contributed by atoms with Crippen LogP contribution >= 0.6 is 11.6 Å². The molecule has 1 aliphatic rings. The zero-order chi connectivity index (χ0) is 17.5. The van der Waals surface area contributed by atoms with Gasteiger partial charge in [-0.05, 0) is 48.9 Å². The van der Waals surface area contributed by atoms with Gasteiger partial charge in [-0.2, -0.15) is 0 Å². The van der Waals surface area contributed by atoms with Crippen molar-refractivity contribution in [3.8, 4) is 5.75 Å². The largest absolute Gasteiger partial charge is 0.487 e. The molecule has 3 nitrogen and oxygen atoms in total. The number of hydrogen-bond donors (Lipinski definition) is 1. The fraction of sp³-hybridized carbons (Fsp3) is 0.381. The number of nitrogens with one attached hydrogen (secondary N) is 1. The van der Waals surface area contributed by atoms with E-state index in [1.165, 1.54) is 37.9 Å². The summed E-state index contributed by atoms with van der Waals surface area (Å²) in [5, 5.41) is 0.556. The second-order valence-electron chi connectivity index (χ2n) is 6.78. The minimum Gasteiger partial charge on any atom is -0.487 e. The Kier molecular flexibility index (Phi) is 6.48. The van der Waals surface area contributed by atoms with Crippen LogP contribution in [0.3, 0.4) is 0 Å². The highest BCUT2D eigenvalue weighted by molar-refractivity contribution is 6.30. The third-order valence-electron chi connectivity index (χ3n) is 4.99. The fourth-order valence-corrected chi connectivity index (χ4v) is 3.72. The lowest BCUT2D eigenvalue weighted by molar-refractivity contribution is -0.906. The maximum Gasteiger partial charge on any atom is 0.153 e. The zero-order valence-corrected chi connectivity index (χ0v) is 15.2. The zero-order valence-electron chi connectivity index (χ0n) is 14.4. The van der Waals surface area contributed by atoms with Crippen molar-refractivity contribution in [2.24, 2.45) is 5.92 Å². The van der Waals surface area contributed by atoms with Crippen LogP contribution in [0.1, 0.15) is 28.8 Å². The van der Waals surface area contributed by atoms with E-state index in [1.807, 2.05) is 0 Å². The number of quaternary nitrogens is 1. The Morgan fingerprint density at radius 1 is 1.12 bits per heavy atom. The van der Waals surface area contributed by atoms with Crippen molar-refractivity contribution in [3.05, 3.63) is 64.7 Å². The van der Waals surface area contributed by atoms with Gasteiger partial charge in [-0.15, -0.1) is 0 Å². The lowest BCUT2D eigenvalue weighted by Gasteiger charge is -2.29. The van der Waals surface area contributed by atoms with E-state index < -0.39 is 0 Å². The highest BCUT2D eigenvalue weighted by Gasteiger charge is 2.22. The number of carbonyl (C=O) groups excluding carboxylic acids is 1. The highest BCUT2D eigenvalue weighted by atomic mass is 35.5. The Balaban J connectivity index is 1.40. The molecule has 2 aromatic carbocycles. The lowest BCUT2D eigenvalue weighted by Crippen LogP contribution is -3.13. The molecule has 25 heavy (non-hydrogen) atoms. The summed E-state index contributed by atoms with van der Waals surface area (Å²) in [5.41, 5.74) is 1.97. The standard InChI is InChI=1S/C21H24ClNO2/c22-20-6-7-21(19(15-20)16-24)25-13-12-23-10-8-18(9-11-23)14-17-4-2-1-3-5-17/h1-7,15-16,18H,8-14H2/p+1. The Labute approximate surface area is 154 Å². The lowest BCUT2D eigenvalue weighted by atomic mass is 9.90. The van der Waals surface area contributed by atoms with Crippen LogP contribution in [0.4, 0.5) is 0 Å². The minimum absolute atomic E-state index is 0.518. The topological polar surface area (TPSA) is 30.7 Å². The number of ether oxygens (including phenoxy) is 1. The van der Waals surface area contributed by atoms with E-state index in [4.69, 9.17) is 16.3 Å². The van der Waals surface area contributed by atoms with Crippen LogP contribution in [0, 0.1) is 5.92 Å². The van der Waals surface area contributed by atoms with E-state index in [0.29, 0.717) is 22.9 Å². The first-order valence-electron chi connectivity index (χ1n) is 8.99. The van der Waals surface area contributed by atoms with E-state index in [0.717, 1.165) is 18.7 Å². The normalized spacial score (nSPS) is 20.2. The molecule has 0 atom stereocenters. The maximum absolute atomic E-state index is 11.1. The molecular formula is C21H25ClNO2+. The van der Waals surface area contributed by atoms with Gasteiger partial charge in [0.1, 0.15) is 18.9 Å². The van der Waals surface area contributed by atoms with E-state index in [-0.39, 0.29) is 0 Å². The molecule has 1 N–H and O–H groups in total. The van der Waals surface area contributed by atoms with E-state index in [1.54, 1.807) is 23.1 Å². The minimum atomic E-state index is 0.518. The summed E-state index contributed by atoms with van der Waals surface area (Å²) in [4.78, 5) is 12.7. The number of piperidine rings is 1. The Morgan fingerprint density at radius 2 is 1.88 bits per heavy atom. The molecule has 132 valence electrons. The SMILES string of the molecule is O=Cc1cc(Cl)ccc1OCC[NH+]1CCC(Cc2ccccc2)CC1. The predicted octanol–water partition coefficient (Wildman–Crippen LogP) is 3.07. The highest BCUT2D eigenvalue weighted by Crippen LogP contribution is 2.21. The first-order chi connectivity index (χ1) is 12.2. The molecule has 0 amide bonds. The molecule has 1 aliphatic heterocycles. The van der Waals surface area contributed by atoms with Crippen molar-refractivity contribution >= 4 is 17.9 Å². The van der Waals surface area contributed by atoms with Crippen molar-refractivity contribution in [3.63, 3.8) is 0 Å². The van der Waals surface area contributed by atoms with Gasteiger partial charge in [0, 0.05) is 5.02 Å². The van der Waals surface area contributed by atoms with Crippen molar-refractivity contribution < 1.29 is 14.4 Å². The molecule has 2 aromatic rings. The van der Waals surface area contributed by atoms with Gasteiger partial charge in [-0.1, -0.05) is 41.9 Å². The van der Waals surface area contributed by atoms with E-state index >= 15 is 0 Å². The first kappa shape index (κ1) is 18.0. The molecule has 0 saturated carbocycles. The summed E-state index contributed by atoms with van der Waals surface area (Å²) >= 11 is 5.90. The van der Waals surface area contributed by atoms with Crippen molar-refractivity contribution in [2.75, 3.05) is 26.2 Å². The van der Waals surface area contributed by atoms with Gasteiger partial charge in [-0.3, -0.25) is 4.79 Å². The second-order valence-corrected chi connectivity index (χ2v) is 7.22. The average Bonchev–Trinajstić information content (AvgIpc) is 2.65. The van der Waals surface area contributed by atoms with E-state index in [2.05, 4.69) is 30.3 Å². The molecule has 4 heteroatoms. The van der Waals surface area contributed by atoms with Crippen molar-refractivity contribution in [1.82, 2.24) is 0 Å². The summed E-state index contributed by atoms with van der Waals surface area (Å²) < 4.78 is 5.80. The number of benzene rings is 2. The summed E-state index contributed by atoms with van der Waals surface area (Å²) in [5.74, 6) is 1.42. The third-order valence-corrected chi connectivity index (χ3v) is 5.23. The number of aldehydes is 1. The summed E-state index contributed by atoms with van der Waals surface area (Å²) in [6.07, 6.45) is 4.52. The molecular weight excluding hydrogens is 334 g/mol. The number of rotatable bonds is 7. The molecule has 0 unspecified atom stereocenters. The maximum atomic E-state index is 11.1. The number of hydrogen-bond acceptors (Lipinski definition) is 2. The Morgan fingerprint density at radius 3 is 2.60 bits per heavy atom. The first-order valence-corrected chi connectivity index (χ1v) is 9.37. The molecule has 1 saturated heterocycles. The molecule has 1 fully saturated rings. The molecule has 0 aliphatic carbocycles. The van der Waals surface area contributed by atoms with Gasteiger partial charge in [0.05, 0.1) is 18.7 Å². The van der Waals surface area contributed by atoms with Crippen LogP contribution in [-0.2, 0) is 6.42 Å². The summed E-state index contributed by atoms with van der Waals surface area (Å²) in [7, 11) is 0. The van der Waals surface area contributed by atoms with Gasteiger partial charge >= 0.3 is 0 Å². The fourth-order valence-electron chi connectivity index (χ4n) is 3.54. The van der Waals surface area contributed by atoms with Crippen LogP contribution in [0.15, 0.2) is 48.5 Å². The van der Waals surface area contributed by atoms with Gasteiger partial charge in [0.2, 0.25) is 0 Å². The second kappa shape index (κ2) is 9.02. The number of carbonyl (C=O) groups is 1. The van der Waals surface area contributed by atoms with Crippen LogP contribution in [-0.4, -0.2) is 32.5 Å². The molecule has 3 rings (SSSR count). The van der Waals surface area contributed by atoms with Gasteiger partial charge in [0.15, 0.2) is 6.29 Å². The van der Waals surface area contributed by atoms with Crippen LogP contribution in [0.25, 0.3) is 0 Å². The quantitative estimate of drug-likeness (QED) is 0.771. The predicted molar refractivity (Wildman–Crippen MR) is 101 cm³/mol. The molecule has 0 radical (unpaired) electrons. The van der Waals surface area contributed by atoms with Crippen LogP contribution in [0.5, 0.6) is 5.75 Å². The van der Waals surface area contributed by atoms with E-state index in [9.17, 15) is 4.79 Å². The molecule has 0 spiro atoms. The summed E-state index contributed by atoms with van der Waals surface area (Å²) in [6.45, 7) is 3.99.